The first-order valence-electron chi connectivity index (χ1n) is 11.2. The molecule has 1 unspecified atom stereocenters. The van der Waals surface area contributed by atoms with Crippen LogP contribution in [0.25, 0.3) is 0 Å². The van der Waals surface area contributed by atoms with Crippen molar-refractivity contribution in [2.24, 2.45) is 0 Å². The number of likely N-dealkylation sites (tertiary alicyclic amines) is 1. The average Bonchev–Trinajstić information content (AvgIpc) is 3.61. The number of ether oxygens (including phenoxy) is 1. The molecule has 2 fully saturated rings. The fourth-order valence-corrected chi connectivity index (χ4v) is 4.01. The van der Waals surface area contributed by atoms with Gasteiger partial charge in [-0.2, -0.15) is 0 Å². The van der Waals surface area contributed by atoms with Crippen LogP contribution in [-0.2, 0) is 4.74 Å². The van der Waals surface area contributed by atoms with Crippen LogP contribution in [0.4, 0.5) is 17.1 Å². The maximum atomic E-state index is 13.4. The topological polar surface area (TPSA) is 122 Å². The van der Waals surface area contributed by atoms with Crippen LogP contribution < -0.4 is 10.6 Å². The largest absolute Gasteiger partial charge is 0.380 e. The molecule has 4 heterocycles. The molecular weight excluding hydrogens is 434 g/mol. The van der Waals surface area contributed by atoms with E-state index in [0.717, 1.165) is 25.0 Å². The highest BCUT2D eigenvalue weighted by Gasteiger charge is 2.30. The molecule has 1 aliphatic carbocycles. The summed E-state index contributed by atoms with van der Waals surface area (Å²) in [6.45, 7) is 1.12. The van der Waals surface area contributed by atoms with Gasteiger partial charge in [0.2, 0.25) is 0 Å². The lowest BCUT2D eigenvalue weighted by Crippen LogP contribution is -2.31. The van der Waals surface area contributed by atoms with Gasteiger partial charge in [-0.3, -0.25) is 14.6 Å². The van der Waals surface area contributed by atoms with Gasteiger partial charge in [0, 0.05) is 38.0 Å². The van der Waals surface area contributed by atoms with Gasteiger partial charge in [-0.05, 0) is 37.5 Å². The number of hydrogen-bond acceptors (Lipinski definition) is 8. The second-order valence-electron chi connectivity index (χ2n) is 8.43. The van der Waals surface area contributed by atoms with Crippen molar-refractivity contribution in [2.45, 2.75) is 31.3 Å². The molecule has 1 saturated heterocycles. The van der Waals surface area contributed by atoms with Gasteiger partial charge in [-0.1, -0.05) is 0 Å². The molecule has 34 heavy (non-hydrogen) atoms. The minimum atomic E-state index is -0.430. The van der Waals surface area contributed by atoms with Crippen LogP contribution in [0.3, 0.4) is 0 Å². The Kier molecular flexibility index (Phi) is 6.13. The molecule has 2 aliphatic rings. The van der Waals surface area contributed by atoms with Crippen molar-refractivity contribution in [1.29, 1.82) is 0 Å². The summed E-state index contributed by atoms with van der Waals surface area (Å²) in [4.78, 5) is 45.1. The van der Waals surface area contributed by atoms with Crippen LogP contribution in [0.1, 0.15) is 51.7 Å². The van der Waals surface area contributed by atoms with E-state index >= 15 is 0 Å². The van der Waals surface area contributed by atoms with Crippen LogP contribution in [0.2, 0.25) is 0 Å². The summed E-state index contributed by atoms with van der Waals surface area (Å²) in [6, 6.07) is 5.39. The molecule has 2 N–H and O–H groups in total. The predicted octanol–water partition coefficient (Wildman–Crippen LogP) is 3.00. The van der Waals surface area contributed by atoms with Gasteiger partial charge in [0.25, 0.3) is 11.8 Å². The quantitative estimate of drug-likeness (QED) is 0.553. The molecule has 5 rings (SSSR count). The fourth-order valence-electron chi connectivity index (χ4n) is 4.01. The van der Waals surface area contributed by atoms with Crippen molar-refractivity contribution < 1.29 is 14.3 Å². The monoisotopic (exact) mass is 459 g/mol. The third-order valence-corrected chi connectivity index (χ3v) is 6.03. The Balaban J connectivity index is 1.41. The summed E-state index contributed by atoms with van der Waals surface area (Å²) in [5.41, 5.74) is 2.99. The van der Waals surface area contributed by atoms with Gasteiger partial charge < -0.3 is 20.3 Å². The molecule has 1 aliphatic heterocycles. The maximum absolute atomic E-state index is 13.4. The molecule has 3 aromatic heterocycles. The van der Waals surface area contributed by atoms with E-state index in [1.54, 1.807) is 36.7 Å². The summed E-state index contributed by atoms with van der Waals surface area (Å²) < 4.78 is 5.38. The van der Waals surface area contributed by atoms with Gasteiger partial charge in [-0.15, -0.1) is 0 Å². The predicted molar refractivity (Wildman–Crippen MR) is 125 cm³/mol. The Hall–Kier alpha value is -3.92. The first-order chi connectivity index (χ1) is 16.6. The first kappa shape index (κ1) is 21.9. The minimum Gasteiger partial charge on any atom is -0.380 e. The van der Waals surface area contributed by atoms with E-state index in [0.29, 0.717) is 41.6 Å². The van der Waals surface area contributed by atoms with Crippen molar-refractivity contribution in [3.05, 3.63) is 66.3 Å². The molecular formula is C24H25N7O3. The summed E-state index contributed by atoms with van der Waals surface area (Å²) in [6.07, 6.45) is 10.6. The van der Waals surface area contributed by atoms with Gasteiger partial charge in [0.15, 0.2) is 5.69 Å². The van der Waals surface area contributed by atoms with Crippen LogP contribution in [0.5, 0.6) is 0 Å². The van der Waals surface area contributed by atoms with Gasteiger partial charge in [0.1, 0.15) is 6.33 Å². The zero-order chi connectivity index (χ0) is 23.5. The van der Waals surface area contributed by atoms with Crippen molar-refractivity contribution in [3.8, 4) is 0 Å². The number of anilines is 3. The molecule has 0 spiro atoms. The Labute approximate surface area is 196 Å². The number of methoxy groups -OCH3 is 1. The number of hydrogen-bond donors (Lipinski definition) is 2. The van der Waals surface area contributed by atoms with E-state index < -0.39 is 5.91 Å². The van der Waals surface area contributed by atoms with Crippen LogP contribution >= 0.6 is 0 Å². The summed E-state index contributed by atoms with van der Waals surface area (Å²) in [7, 11) is 1.65. The van der Waals surface area contributed by atoms with E-state index in [1.165, 1.54) is 12.5 Å². The summed E-state index contributed by atoms with van der Waals surface area (Å²) in [5, 5.41) is 6.02. The Morgan fingerprint density at radius 3 is 2.59 bits per heavy atom. The number of carbonyl (C=O) groups is 2. The van der Waals surface area contributed by atoms with E-state index in [4.69, 9.17) is 4.74 Å². The third kappa shape index (κ3) is 4.72. The van der Waals surface area contributed by atoms with Crippen molar-refractivity contribution >= 4 is 28.9 Å². The number of pyridine rings is 2. The van der Waals surface area contributed by atoms with Gasteiger partial charge in [-0.25, -0.2) is 15.0 Å². The smallest absolute Gasteiger partial charge is 0.276 e. The van der Waals surface area contributed by atoms with E-state index in [9.17, 15) is 9.59 Å². The second-order valence-corrected chi connectivity index (χ2v) is 8.43. The molecule has 0 radical (unpaired) electrons. The highest BCUT2D eigenvalue weighted by atomic mass is 16.5. The Morgan fingerprint density at radius 2 is 1.85 bits per heavy atom. The molecule has 0 aromatic carbocycles. The lowest BCUT2D eigenvalue weighted by atomic mass is 10.1. The van der Waals surface area contributed by atoms with Gasteiger partial charge in [0.05, 0.1) is 47.3 Å². The zero-order valence-electron chi connectivity index (χ0n) is 18.8. The molecule has 1 atom stereocenters. The molecule has 0 bridgehead atoms. The number of nitrogens with one attached hydrogen (secondary N) is 2. The second kappa shape index (κ2) is 9.52. The first-order valence-corrected chi connectivity index (χ1v) is 11.2. The zero-order valence-corrected chi connectivity index (χ0v) is 18.8. The van der Waals surface area contributed by atoms with E-state index in [-0.39, 0.29) is 17.7 Å². The third-order valence-electron chi connectivity index (χ3n) is 6.03. The van der Waals surface area contributed by atoms with Crippen molar-refractivity contribution in [3.63, 3.8) is 0 Å². The van der Waals surface area contributed by atoms with Crippen LogP contribution in [0.15, 0.2) is 49.3 Å². The summed E-state index contributed by atoms with van der Waals surface area (Å²) in [5.74, 6) is -0.225. The van der Waals surface area contributed by atoms with E-state index in [2.05, 4.69) is 30.6 Å². The molecule has 10 nitrogen and oxygen atoms in total. The molecule has 1 saturated carbocycles. The van der Waals surface area contributed by atoms with Crippen molar-refractivity contribution in [1.82, 2.24) is 24.8 Å². The highest BCUT2D eigenvalue weighted by molar-refractivity contribution is 6.10. The molecule has 2 amide bonds. The van der Waals surface area contributed by atoms with Crippen molar-refractivity contribution in [2.75, 3.05) is 30.8 Å². The highest BCUT2D eigenvalue weighted by Crippen LogP contribution is 2.39. The number of nitrogens with zero attached hydrogens (tertiary/aromatic N) is 5. The Bertz CT molecular complexity index is 1200. The standard InChI is InChI=1S/C24H25N7O3/c1-34-17-7-9-31(13-17)24(33)18-6-8-25-12-21(18)30-23(32)22-20(28-16-10-26-14-27-11-16)5-4-19(29-22)15-2-3-15/h4-6,8,10-12,14-15,17,28H,2-3,7,9,13H2,1H3,(H,30,32). The SMILES string of the molecule is COC1CCN(C(=O)c2ccncc2NC(=O)c2nc(C3CC3)ccc2Nc2cncnc2)C1. The normalized spacial score (nSPS) is 17.4. The molecule has 10 heteroatoms. The minimum absolute atomic E-state index is 0.0220. The number of amides is 2. The molecule has 3 aromatic rings. The van der Waals surface area contributed by atoms with Crippen LogP contribution in [-0.4, -0.2) is 63.0 Å². The number of rotatable bonds is 7. The fraction of sp³-hybridized carbons (Fsp3) is 0.333. The van der Waals surface area contributed by atoms with Crippen LogP contribution in [0, 0.1) is 0 Å². The lowest BCUT2D eigenvalue weighted by molar-refractivity contribution is 0.0725. The Morgan fingerprint density at radius 1 is 1.03 bits per heavy atom. The number of aromatic nitrogens is 4. The summed E-state index contributed by atoms with van der Waals surface area (Å²) >= 11 is 0. The van der Waals surface area contributed by atoms with Gasteiger partial charge >= 0.3 is 0 Å². The average molecular weight is 460 g/mol. The number of carbonyl (C=O) groups excluding carboxylic acids is 2. The maximum Gasteiger partial charge on any atom is 0.276 e. The lowest BCUT2D eigenvalue weighted by Gasteiger charge is -2.19. The molecule has 174 valence electrons. The van der Waals surface area contributed by atoms with E-state index in [1.807, 2.05) is 12.1 Å².